The lowest BCUT2D eigenvalue weighted by Crippen LogP contribution is -2.25. The Labute approximate surface area is 109 Å². The maximum atomic E-state index is 13.0. The van der Waals surface area contributed by atoms with E-state index < -0.39 is 29.3 Å². The smallest absolute Gasteiger partial charge is 0.433 e. The molecule has 19 heavy (non-hydrogen) atoms. The van der Waals surface area contributed by atoms with Crippen LogP contribution in [-0.2, 0) is 16.4 Å². The topological polar surface area (TPSA) is 55.1 Å². The van der Waals surface area contributed by atoms with Gasteiger partial charge in [0.15, 0.2) is 0 Å². The first-order chi connectivity index (χ1) is 8.48. The monoisotopic (exact) mass is 278 g/mol. The van der Waals surface area contributed by atoms with E-state index in [1.54, 1.807) is 20.8 Å². The van der Waals surface area contributed by atoms with E-state index in [0.29, 0.717) is 4.68 Å². The molecule has 0 amide bonds. The normalized spacial score (nSPS) is 14.5. The van der Waals surface area contributed by atoms with Gasteiger partial charge >= 0.3 is 12.1 Å². The second-order valence-corrected chi connectivity index (χ2v) is 5.37. The van der Waals surface area contributed by atoms with E-state index >= 15 is 0 Å². The first-order valence-electron chi connectivity index (χ1n) is 5.88. The largest absolute Gasteiger partial charge is 0.480 e. The highest BCUT2D eigenvalue weighted by atomic mass is 19.4. The predicted octanol–water partition coefficient (Wildman–Crippen LogP) is 3.24. The number of alkyl halides is 3. The molecule has 1 atom stereocenters. The summed E-state index contributed by atoms with van der Waals surface area (Å²) in [5.41, 5.74) is -1.38. The maximum absolute atomic E-state index is 13.0. The molecule has 7 heteroatoms. The van der Waals surface area contributed by atoms with E-state index in [9.17, 15) is 18.0 Å². The number of nitrogens with zero attached hydrogens (tertiary/aromatic N) is 2. The van der Waals surface area contributed by atoms with Gasteiger partial charge in [0.2, 0.25) is 0 Å². The molecule has 0 spiro atoms. The standard InChI is InChI=1S/C12H17F3N2O2/c1-5-7(10(18)19)17-9(12(13,14)15)6-8(16-17)11(2,3)4/h6-7H,5H2,1-4H3,(H,18,19). The van der Waals surface area contributed by atoms with Crippen molar-refractivity contribution in [3.05, 3.63) is 17.5 Å². The molecule has 1 unspecified atom stereocenters. The Morgan fingerprint density at radius 1 is 1.42 bits per heavy atom. The number of hydrogen-bond acceptors (Lipinski definition) is 2. The van der Waals surface area contributed by atoms with Gasteiger partial charge in [-0.25, -0.2) is 9.48 Å². The van der Waals surface area contributed by atoms with Crippen LogP contribution in [-0.4, -0.2) is 20.9 Å². The van der Waals surface area contributed by atoms with E-state index in [1.807, 2.05) is 0 Å². The Hall–Kier alpha value is -1.53. The molecule has 1 rings (SSSR count). The average Bonchev–Trinajstić information content (AvgIpc) is 2.61. The van der Waals surface area contributed by atoms with Crippen molar-refractivity contribution in [3.63, 3.8) is 0 Å². The molecule has 4 nitrogen and oxygen atoms in total. The van der Waals surface area contributed by atoms with Gasteiger partial charge < -0.3 is 5.11 Å². The Morgan fingerprint density at radius 2 is 1.95 bits per heavy atom. The number of carbonyl (C=O) groups is 1. The lowest BCUT2D eigenvalue weighted by molar-refractivity contribution is -0.149. The van der Waals surface area contributed by atoms with Gasteiger partial charge in [0.25, 0.3) is 0 Å². The van der Waals surface area contributed by atoms with Gasteiger partial charge in [0.1, 0.15) is 11.7 Å². The van der Waals surface area contributed by atoms with Crippen LogP contribution in [0.2, 0.25) is 0 Å². The highest BCUT2D eigenvalue weighted by Crippen LogP contribution is 2.34. The summed E-state index contributed by atoms with van der Waals surface area (Å²) in [6, 6.07) is -0.390. The zero-order valence-electron chi connectivity index (χ0n) is 11.2. The van der Waals surface area contributed by atoms with Gasteiger partial charge in [0, 0.05) is 5.41 Å². The molecular formula is C12H17F3N2O2. The molecule has 0 saturated heterocycles. The Balaban J connectivity index is 3.44. The summed E-state index contributed by atoms with van der Waals surface area (Å²) in [5.74, 6) is -1.32. The molecule has 0 saturated carbocycles. The molecule has 1 aromatic heterocycles. The van der Waals surface area contributed by atoms with Crippen molar-refractivity contribution in [2.24, 2.45) is 0 Å². The van der Waals surface area contributed by atoms with Crippen LogP contribution in [0.5, 0.6) is 0 Å². The molecule has 0 aromatic carbocycles. The van der Waals surface area contributed by atoms with Crippen LogP contribution in [0.15, 0.2) is 6.07 Å². The number of carboxylic acid groups (broad SMARTS) is 1. The zero-order chi connectivity index (χ0) is 15.0. The Bertz CT molecular complexity index is 472. The number of hydrogen-bond donors (Lipinski definition) is 1. The fraction of sp³-hybridized carbons (Fsp3) is 0.667. The van der Waals surface area contributed by atoms with Gasteiger partial charge in [-0.1, -0.05) is 27.7 Å². The molecule has 0 fully saturated rings. The predicted molar refractivity (Wildman–Crippen MR) is 62.9 cm³/mol. The number of halogens is 3. The summed E-state index contributed by atoms with van der Waals surface area (Å²) >= 11 is 0. The maximum Gasteiger partial charge on any atom is 0.433 e. The quantitative estimate of drug-likeness (QED) is 0.923. The van der Waals surface area contributed by atoms with E-state index in [-0.39, 0.29) is 12.1 Å². The van der Waals surface area contributed by atoms with Crippen molar-refractivity contribution in [2.75, 3.05) is 0 Å². The molecule has 1 N–H and O–H groups in total. The number of carboxylic acids is 1. The lowest BCUT2D eigenvalue weighted by atomic mass is 9.92. The molecule has 0 aliphatic rings. The molecule has 0 aliphatic heterocycles. The third-order valence-electron chi connectivity index (χ3n) is 2.76. The molecule has 0 bridgehead atoms. The fourth-order valence-electron chi connectivity index (χ4n) is 1.66. The minimum Gasteiger partial charge on any atom is -0.480 e. The first-order valence-corrected chi connectivity index (χ1v) is 5.88. The lowest BCUT2D eigenvalue weighted by Gasteiger charge is -2.16. The van der Waals surface area contributed by atoms with Crippen LogP contribution in [0.4, 0.5) is 13.2 Å². The van der Waals surface area contributed by atoms with Gasteiger partial charge in [-0.05, 0) is 12.5 Å². The fourth-order valence-corrected chi connectivity index (χ4v) is 1.66. The van der Waals surface area contributed by atoms with Gasteiger partial charge in [0.05, 0.1) is 5.69 Å². The van der Waals surface area contributed by atoms with Crippen LogP contribution >= 0.6 is 0 Å². The third-order valence-corrected chi connectivity index (χ3v) is 2.76. The van der Waals surface area contributed by atoms with Crippen LogP contribution in [0.3, 0.4) is 0 Å². The van der Waals surface area contributed by atoms with E-state index in [4.69, 9.17) is 5.11 Å². The first kappa shape index (κ1) is 15.5. The van der Waals surface area contributed by atoms with Crippen molar-refractivity contribution < 1.29 is 23.1 Å². The zero-order valence-corrected chi connectivity index (χ0v) is 11.2. The molecular weight excluding hydrogens is 261 g/mol. The van der Waals surface area contributed by atoms with Crippen LogP contribution in [0.1, 0.15) is 51.5 Å². The van der Waals surface area contributed by atoms with Crippen molar-refractivity contribution in [1.29, 1.82) is 0 Å². The molecule has 0 aliphatic carbocycles. The molecule has 0 radical (unpaired) electrons. The summed E-state index contributed by atoms with van der Waals surface area (Å²) in [6.07, 6.45) is -4.59. The SMILES string of the molecule is CCC(C(=O)O)n1nc(C(C)(C)C)cc1C(F)(F)F. The third kappa shape index (κ3) is 3.27. The summed E-state index contributed by atoms with van der Waals surface area (Å²) in [7, 11) is 0. The number of rotatable bonds is 3. The molecule has 108 valence electrons. The molecule has 1 heterocycles. The van der Waals surface area contributed by atoms with Crippen molar-refractivity contribution in [3.8, 4) is 0 Å². The Kier molecular flexibility index (Phi) is 3.97. The number of aromatic nitrogens is 2. The highest BCUT2D eigenvalue weighted by molar-refractivity contribution is 5.71. The summed E-state index contributed by atoms with van der Waals surface area (Å²) in [4.78, 5) is 11.0. The summed E-state index contributed by atoms with van der Waals surface area (Å²) in [5, 5.41) is 12.9. The van der Waals surface area contributed by atoms with Gasteiger partial charge in [-0.15, -0.1) is 0 Å². The van der Waals surface area contributed by atoms with Crippen LogP contribution in [0, 0.1) is 0 Å². The Morgan fingerprint density at radius 3 is 2.26 bits per heavy atom. The van der Waals surface area contributed by atoms with Crippen molar-refractivity contribution in [1.82, 2.24) is 9.78 Å². The van der Waals surface area contributed by atoms with Crippen molar-refractivity contribution in [2.45, 2.75) is 51.7 Å². The second-order valence-electron chi connectivity index (χ2n) is 5.37. The number of aliphatic carboxylic acids is 1. The summed E-state index contributed by atoms with van der Waals surface area (Å²) in [6.45, 7) is 6.68. The van der Waals surface area contributed by atoms with Crippen LogP contribution < -0.4 is 0 Å². The van der Waals surface area contributed by atoms with E-state index in [1.165, 1.54) is 6.92 Å². The van der Waals surface area contributed by atoms with Crippen molar-refractivity contribution >= 4 is 5.97 Å². The highest BCUT2D eigenvalue weighted by Gasteiger charge is 2.39. The summed E-state index contributed by atoms with van der Waals surface area (Å²) < 4.78 is 39.4. The minimum atomic E-state index is -4.63. The van der Waals surface area contributed by atoms with Crippen LogP contribution in [0.25, 0.3) is 0 Å². The molecule has 1 aromatic rings. The second kappa shape index (κ2) is 4.86. The van der Waals surface area contributed by atoms with E-state index in [2.05, 4.69) is 5.10 Å². The van der Waals surface area contributed by atoms with E-state index in [0.717, 1.165) is 6.07 Å². The van der Waals surface area contributed by atoms with Gasteiger partial charge in [-0.3, -0.25) is 0 Å². The van der Waals surface area contributed by atoms with Gasteiger partial charge in [-0.2, -0.15) is 18.3 Å². The average molecular weight is 278 g/mol. The minimum absolute atomic E-state index is 0.0314.